The fourth-order valence-corrected chi connectivity index (χ4v) is 7.33. The molecule has 1 saturated heterocycles. The number of ether oxygens (including phenoxy) is 3. The first-order valence-corrected chi connectivity index (χ1v) is 18.1. The van der Waals surface area contributed by atoms with Crippen LogP contribution in [0.3, 0.4) is 0 Å². The summed E-state index contributed by atoms with van der Waals surface area (Å²) in [6.07, 6.45) is -0.380. The van der Waals surface area contributed by atoms with Crippen LogP contribution in [0, 0.1) is 19.8 Å². The number of aliphatic hydroxyl groups is 3. The van der Waals surface area contributed by atoms with E-state index in [4.69, 9.17) is 23.5 Å². The van der Waals surface area contributed by atoms with Gasteiger partial charge in [-0.15, -0.1) is 0 Å². The minimum Gasteiger partial charge on any atom is -0.549 e. The number of carboxylic acid groups (broad SMARTS) is 1. The number of fused-ring (bicyclic) bond motifs is 2. The fourth-order valence-electron chi connectivity index (χ4n) is 7.33. The fraction of sp³-hybridized carbons (Fsp3) is 0.317. The van der Waals surface area contributed by atoms with Gasteiger partial charge in [0.1, 0.15) is 60.0 Å². The highest BCUT2D eigenvalue weighted by atomic mass is 16.8. The Balaban J connectivity index is 1.24. The van der Waals surface area contributed by atoms with Crippen LogP contribution < -0.4 is 25.7 Å². The summed E-state index contributed by atoms with van der Waals surface area (Å²) >= 11 is 0. The zero-order valence-electron chi connectivity index (χ0n) is 31.1. The van der Waals surface area contributed by atoms with Crippen LogP contribution in [0.5, 0.6) is 11.5 Å². The number of aliphatic hydroxyl groups excluding tert-OH is 2. The molecule has 8 atom stereocenters. The number of nitrogens with one attached hydrogen (secondary N) is 2. The first-order valence-electron chi connectivity index (χ1n) is 18.1. The largest absolute Gasteiger partial charge is 0.549 e. The van der Waals surface area contributed by atoms with Crippen molar-refractivity contribution in [1.29, 1.82) is 0 Å². The number of aliphatic carboxylic acids is 1. The molecule has 3 aromatic carbocycles. The van der Waals surface area contributed by atoms with Gasteiger partial charge in [0.25, 0.3) is 0 Å². The molecule has 298 valence electrons. The number of aryl methyl sites for hydroxylation is 2. The number of hydrogen-bond acceptors (Lipinski definition) is 15. The molecule has 0 aliphatic carbocycles. The lowest BCUT2D eigenvalue weighted by atomic mass is 9.84. The Morgan fingerprint density at radius 3 is 2.51 bits per heavy atom. The zero-order valence-corrected chi connectivity index (χ0v) is 31.1. The molecule has 16 heteroatoms. The molecular weight excluding hydrogens is 742 g/mol. The van der Waals surface area contributed by atoms with E-state index in [1.807, 2.05) is 32.0 Å². The Bertz CT molecular complexity index is 2320. The third kappa shape index (κ3) is 7.71. The van der Waals surface area contributed by atoms with Crippen LogP contribution in [0.15, 0.2) is 105 Å². The molecule has 8 unspecified atom stereocenters. The van der Waals surface area contributed by atoms with Crippen LogP contribution in [0.2, 0.25) is 0 Å². The molecule has 0 radical (unpaired) electrons. The monoisotopic (exact) mass is 783 g/mol. The molecule has 3 aliphatic heterocycles. The SMILES string of the molecule is CNCC(C(=O)[O-])C(=O)OCC1OC(Oc2ccc3c(=O)c(-c4ccc(O)cc4)coc3c2)C(O[NH+]2C=C3C=CN=C3C2c2cc(C)cc(C)c2)C(O)(CO)C1O. The number of rotatable bonds is 13. The van der Waals surface area contributed by atoms with E-state index in [9.17, 15) is 39.9 Å². The quantitative estimate of drug-likeness (QED) is 0.0768. The summed E-state index contributed by atoms with van der Waals surface area (Å²) in [7, 11) is 1.44. The topological polar surface area (TPSA) is 234 Å². The molecule has 16 nitrogen and oxygen atoms in total. The number of aromatic hydroxyl groups is 1. The van der Waals surface area contributed by atoms with Crippen molar-refractivity contribution in [2.24, 2.45) is 10.9 Å². The summed E-state index contributed by atoms with van der Waals surface area (Å²) in [5.74, 6) is -4.48. The first-order chi connectivity index (χ1) is 27.3. The van der Waals surface area contributed by atoms with Gasteiger partial charge in [0.2, 0.25) is 12.4 Å². The molecule has 1 fully saturated rings. The Labute approximate surface area is 325 Å². The number of benzene rings is 3. The molecule has 4 heterocycles. The number of phenols is 1. The maximum Gasteiger partial charge on any atom is 0.316 e. The molecule has 7 rings (SSSR count). The molecule has 0 bridgehead atoms. The molecule has 57 heavy (non-hydrogen) atoms. The average Bonchev–Trinajstić information content (AvgIpc) is 3.77. The van der Waals surface area contributed by atoms with Gasteiger partial charge in [-0.2, -0.15) is 9.90 Å². The lowest BCUT2D eigenvalue weighted by molar-refractivity contribution is -1.07. The van der Waals surface area contributed by atoms with Crippen molar-refractivity contribution in [3.63, 3.8) is 0 Å². The minimum absolute atomic E-state index is 0.0340. The van der Waals surface area contributed by atoms with Crippen LogP contribution in [-0.4, -0.2) is 95.1 Å². The van der Waals surface area contributed by atoms with E-state index in [2.05, 4.69) is 10.3 Å². The summed E-state index contributed by atoms with van der Waals surface area (Å²) in [5, 5.41) is 58.9. The second-order valence-corrected chi connectivity index (χ2v) is 14.2. The Morgan fingerprint density at radius 2 is 1.82 bits per heavy atom. The number of aliphatic imine (C=N–C) groups is 1. The number of phenolic OH excluding ortho intramolecular Hbond substituents is 1. The molecule has 0 spiro atoms. The maximum absolute atomic E-state index is 13.5. The van der Waals surface area contributed by atoms with Gasteiger partial charge in [0, 0.05) is 24.4 Å². The third-order valence-corrected chi connectivity index (χ3v) is 10.2. The van der Waals surface area contributed by atoms with E-state index in [0.29, 0.717) is 16.3 Å². The van der Waals surface area contributed by atoms with Crippen LogP contribution in [0.1, 0.15) is 22.7 Å². The van der Waals surface area contributed by atoms with Crippen molar-refractivity contribution in [2.45, 2.75) is 50.1 Å². The molecule has 0 saturated carbocycles. The summed E-state index contributed by atoms with van der Waals surface area (Å²) in [6, 6.07) is 15.8. The number of hydroxylamine groups is 2. The number of allylic oxidation sites excluding steroid dienone is 1. The highest BCUT2D eigenvalue weighted by molar-refractivity contribution is 6.08. The Kier molecular flexibility index (Phi) is 11.1. The first kappa shape index (κ1) is 39.5. The lowest BCUT2D eigenvalue weighted by Crippen LogP contribution is -3.08. The predicted octanol–water partition coefficient (Wildman–Crippen LogP) is -0.109. The van der Waals surface area contributed by atoms with Gasteiger partial charge in [-0.25, -0.2) is 0 Å². The van der Waals surface area contributed by atoms with Gasteiger partial charge >= 0.3 is 5.97 Å². The number of carboxylic acids is 1. The summed E-state index contributed by atoms with van der Waals surface area (Å²) in [5.41, 5.74) is 2.25. The highest BCUT2D eigenvalue weighted by Crippen LogP contribution is 2.35. The van der Waals surface area contributed by atoms with Crippen LogP contribution in [-0.2, 0) is 23.9 Å². The zero-order chi connectivity index (χ0) is 40.6. The van der Waals surface area contributed by atoms with Gasteiger partial charge in [-0.1, -0.05) is 29.3 Å². The van der Waals surface area contributed by atoms with Gasteiger partial charge in [0.15, 0.2) is 17.1 Å². The van der Waals surface area contributed by atoms with Gasteiger partial charge in [0.05, 0.1) is 29.1 Å². The number of nitrogens with zero attached hydrogens (tertiary/aromatic N) is 1. The van der Waals surface area contributed by atoms with E-state index in [0.717, 1.165) is 22.3 Å². The Hall–Kier alpha value is -5.72. The summed E-state index contributed by atoms with van der Waals surface area (Å²) < 4.78 is 23.5. The van der Waals surface area contributed by atoms with Crippen LogP contribution in [0.25, 0.3) is 22.1 Å². The second-order valence-electron chi connectivity index (χ2n) is 14.2. The van der Waals surface area contributed by atoms with Crippen molar-refractivity contribution in [2.75, 3.05) is 26.8 Å². The third-order valence-electron chi connectivity index (χ3n) is 10.2. The van der Waals surface area contributed by atoms with E-state index in [-0.39, 0.29) is 40.0 Å². The van der Waals surface area contributed by atoms with E-state index in [1.54, 1.807) is 30.6 Å². The Morgan fingerprint density at radius 1 is 1.09 bits per heavy atom. The predicted molar refractivity (Wildman–Crippen MR) is 199 cm³/mol. The summed E-state index contributed by atoms with van der Waals surface area (Å²) in [6.45, 7) is 1.76. The van der Waals surface area contributed by atoms with Gasteiger partial charge in [-0.3, -0.25) is 14.6 Å². The lowest BCUT2D eigenvalue weighted by Gasteiger charge is -2.48. The smallest absolute Gasteiger partial charge is 0.316 e. The number of carbonyl (C=O) groups excluding carboxylic acids is 2. The number of hydrogen-bond donors (Lipinski definition) is 6. The number of quaternary nitrogens is 1. The molecule has 4 aromatic rings. The van der Waals surface area contributed by atoms with E-state index < -0.39 is 67.3 Å². The molecule has 0 amide bonds. The second kappa shape index (κ2) is 16.0. The molecule has 1 aromatic heterocycles. The number of esters is 1. The van der Waals surface area contributed by atoms with E-state index in [1.165, 1.54) is 43.6 Å². The molecule has 6 N–H and O–H groups in total. The summed E-state index contributed by atoms with van der Waals surface area (Å²) in [4.78, 5) is 49.0. The van der Waals surface area contributed by atoms with Crippen molar-refractivity contribution in [3.05, 3.63) is 118 Å². The van der Waals surface area contributed by atoms with E-state index >= 15 is 0 Å². The number of carbonyl (C=O) groups is 2. The molecular formula is C41H41N3O13. The van der Waals surface area contributed by atoms with Crippen LogP contribution >= 0.6 is 0 Å². The average molecular weight is 784 g/mol. The maximum atomic E-state index is 13.5. The molecule has 3 aliphatic rings. The van der Waals surface area contributed by atoms with Crippen molar-refractivity contribution in [3.8, 4) is 22.6 Å². The standard InChI is InChI=1S/C41H41N3O13/c1-21-12-22(2)14-25(13-21)34-33-24(10-11-43-33)17-44(34)57-37-40(56-32(36(48)41(37,52)20-45)19-54-39(51)29(16-42-3)38(49)50)55-27-8-9-28-31(15-27)53-18-30(35(28)47)23-4-6-26(46)7-5-23/h4-15,17-18,29,32,34,36-37,40,42,45-46,48,52H,16,19-20H2,1-3H3,(H,49,50). The van der Waals surface area contributed by atoms with Gasteiger partial charge < -0.3 is 54.3 Å². The minimum atomic E-state index is -2.53. The van der Waals surface area contributed by atoms with Gasteiger partial charge in [-0.05, 0) is 68.9 Å². The van der Waals surface area contributed by atoms with Crippen LogP contribution in [0.4, 0.5) is 0 Å². The highest BCUT2D eigenvalue weighted by Gasteiger charge is 2.60. The normalized spacial score (nSPS) is 25.8. The van der Waals surface area contributed by atoms with Crippen molar-refractivity contribution in [1.82, 2.24) is 5.32 Å². The van der Waals surface area contributed by atoms with Crippen molar-refractivity contribution >= 4 is 28.6 Å². The van der Waals surface area contributed by atoms with Crippen molar-refractivity contribution < 1.29 is 63.7 Å².